The Kier molecular flexibility index (Phi) is 5.45. The van der Waals surface area contributed by atoms with Gasteiger partial charge in [0.05, 0.1) is 18.5 Å². The van der Waals surface area contributed by atoms with E-state index in [-0.39, 0.29) is 0 Å². The summed E-state index contributed by atoms with van der Waals surface area (Å²) in [6, 6.07) is 15.9. The molecule has 24 heavy (non-hydrogen) atoms. The molecule has 2 N–H and O–H groups in total. The zero-order valence-electron chi connectivity index (χ0n) is 13.8. The molecule has 1 aromatic carbocycles. The molecular weight excluding hydrogens is 300 g/mol. The van der Waals surface area contributed by atoms with Gasteiger partial charge in [0, 0.05) is 18.2 Å². The molecule has 2 aromatic heterocycles. The Morgan fingerprint density at radius 2 is 1.88 bits per heavy atom. The van der Waals surface area contributed by atoms with Crippen LogP contribution >= 0.6 is 0 Å². The highest BCUT2D eigenvalue weighted by Gasteiger charge is 2.07. The van der Waals surface area contributed by atoms with E-state index in [4.69, 9.17) is 4.42 Å². The first-order chi connectivity index (χ1) is 11.8. The van der Waals surface area contributed by atoms with Crippen LogP contribution in [-0.2, 0) is 6.54 Å². The van der Waals surface area contributed by atoms with Crippen molar-refractivity contribution in [2.75, 3.05) is 17.2 Å². The summed E-state index contributed by atoms with van der Waals surface area (Å²) >= 11 is 0. The standard InChI is InChI=1S/C19H22N4O/c1-2-3-11-20-19-22-17(15-8-5-4-6-9-15)13-18(23-19)21-14-16-10-7-12-24-16/h4-10,12-13H,2-3,11,14H2,1H3,(H2,20,21,22,23). The van der Waals surface area contributed by atoms with Gasteiger partial charge in [0.25, 0.3) is 0 Å². The third-order valence-corrected chi connectivity index (χ3v) is 3.63. The average molecular weight is 322 g/mol. The highest BCUT2D eigenvalue weighted by Crippen LogP contribution is 2.21. The number of hydrogen-bond acceptors (Lipinski definition) is 5. The van der Waals surface area contributed by atoms with Gasteiger partial charge in [-0.15, -0.1) is 0 Å². The largest absolute Gasteiger partial charge is 0.467 e. The van der Waals surface area contributed by atoms with Crippen LogP contribution in [0.2, 0.25) is 0 Å². The fourth-order valence-corrected chi connectivity index (χ4v) is 2.34. The Bertz CT molecular complexity index is 741. The number of furan rings is 1. The molecule has 2 heterocycles. The van der Waals surface area contributed by atoms with Gasteiger partial charge in [-0.1, -0.05) is 43.7 Å². The average Bonchev–Trinajstić information content (AvgIpc) is 3.14. The molecule has 0 fully saturated rings. The SMILES string of the molecule is CCCCNc1nc(NCc2ccco2)cc(-c2ccccc2)n1. The van der Waals surface area contributed by atoms with Crippen LogP contribution in [0.25, 0.3) is 11.3 Å². The van der Waals surface area contributed by atoms with Crippen LogP contribution in [0.4, 0.5) is 11.8 Å². The highest BCUT2D eigenvalue weighted by atomic mass is 16.3. The number of anilines is 2. The van der Waals surface area contributed by atoms with Crippen LogP contribution in [0.15, 0.2) is 59.2 Å². The summed E-state index contributed by atoms with van der Waals surface area (Å²) in [6.07, 6.45) is 3.90. The number of hydrogen-bond donors (Lipinski definition) is 2. The second-order valence-corrected chi connectivity index (χ2v) is 5.54. The van der Waals surface area contributed by atoms with Gasteiger partial charge in [0.15, 0.2) is 0 Å². The van der Waals surface area contributed by atoms with E-state index in [0.717, 1.165) is 42.2 Å². The van der Waals surface area contributed by atoms with Crippen LogP contribution in [-0.4, -0.2) is 16.5 Å². The minimum absolute atomic E-state index is 0.590. The fraction of sp³-hybridized carbons (Fsp3) is 0.263. The van der Waals surface area contributed by atoms with Crippen LogP contribution in [0.3, 0.4) is 0 Å². The maximum absolute atomic E-state index is 5.36. The third-order valence-electron chi connectivity index (χ3n) is 3.63. The number of aromatic nitrogens is 2. The van der Waals surface area contributed by atoms with Gasteiger partial charge in [-0.3, -0.25) is 0 Å². The number of nitrogens with zero attached hydrogens (tertiary/aromatic N) is 2. The number of benzene rings is 1. The second-order valence-electron chi connectivity index (χ2n) is 5.54. The summed E-state index contributed by atoms with van der Waals surface area (Å²) in [4.78, 5) is 9.19. The molecule has 0 aliphatic rings. The van der Waals surface area contributed by atoms with Crippen molar-refractivity contribution >= 4 is 11.8 Å². The van der Waals surface area contributed by atoms with Crippen molar-refractivity contribution in [2.24, 2.45) is 0 Å². The molecule has 0 saturated carbocycles. The molecule has 124 valence electrons. The zero-order chi connectivity index (χ0) is 16.6. The monoisotopic (exact) mass is 322 g/mol. The molecule has 0 bridgehead atoms. The molecule has 0 amide bonds. The van der Waals surface area contributed by atoms with Crippen molar-refractivity contribution in [3.05, 3.63) is 60.6 Å². The first-order valence-corrected chi connectivity index (χ1v) is 8.30. The van der Waals surface area contributed by atoms with E-state index >= 15 is 0 Å². The van der Waals surface area contributed by atoms with Crippen molar-refractivity contribution in [3.8, 4) is 11.3 Å². The predicted molar refractivity (Wildman–Crippen MR) is 96.9 cm³/mol. The first-order valence-electron chi connectivity index (χ1n) is 8.30. The normalized spacial score (nSPS) is 10.5. The predicted octanol–water partition coefficient (Wildman–Crippen LogP) is 4.56. The van der Waals surface area contributed by atoms with Gasteiger partial charge in [0.2, 0.25) is 5.95 Å². The van der Waals surface area contributed by atoms with E-state index in [1.165, 1.54) is 0 Å². The van der Waals surface area contributed by atoms with Gasteiger partial charge in [-0.05, 0) is 18.6 Å². The van der Waals surface area contributed by atoms with Crippen molar-refractivity contribution in [1.82, 2.24) is 9.97 Å². The maximum Gasteiger partial charge on any atom is 0.225 e. The molecule has 0 atom stereocenters. The number of nitrogens with one attached hydrogen (secondary N) is 2. The minimum atomic E-state index is 0.590. The molecule has 0 saturated heterocycles. The summed E-state index contributed by atoms with van der Waals surface area (Å²) < 4.78 is 5.36. The summed E-state index contributed by atoms with van der Waals surface area (Å²) in [5.41, 5.74) is 1.96. The van der Waals surface area contributed by atoms with E-state index in [9.17, 15) is 0 Å². The van der Waals surface area contributed by atoms with Gasteiger partial charge < -0.3 is 15.1 Å². The fourth-order valence-electron chi connectivity index (χ4n) is 2.34. The summed E-state index contributed by atoms with van der Waals surface area (Å²) in [6.45, 7) is 3.62. The molecule has 5 nitrogen and oxygen atoms in total. The molecule has 5 heteroatoms. The van der Waals surface area contributed by atoms with Crippen LogP contribution in [0, 0.1) is 0 Å². The molecule has 3 aromatic rings. The minimum Gasteiger partial charge on any atom is -0.467 e. The first kappa shape index (κ1) is 16.1. The van der Waals surface area contributed by atoms with Gasteiger partial charge in [-0.25, -0.2) is 4.98 Å². The molecule has 0 radical (unpaired) electrons. The quantitative estimate of drug-likeness (QED) is 0.595. The summed E-state index contributed by atoms with van der Waals surface area (Å²) in [7, 11) is 0. The Balaban J connectivity index is 1.81. The Labute approximate surface area is 142 Å². The van der Waals surface area contributed by atoms with Crippen LogP contribution in [0.1, 0.15) is 25.5 Å². The van der Waals surface area contributed by atoms with Crippen molar-refractivity contribution in [3.63, 3.8) is 0 Å². The molecule has 3 rings (SSSR count). The van der Waals surface area contributed by atoms with Crippen molar-refractivity contribution in [1.29, 1.82) is 0 Å². The lowest BCUT2D eigenvalue weighted by Gasteiger charge is -2.11. The molecule has 0 spiro atoms. The zero-order valence-corrected chi connectivity index (χ0v) is 13.8. The molecule has 0 unspecified atom stereocenters. The molecule has 0 aliphatic carbocycles. The van der Waals surface area contributed by atoms with E-state index in [0.29, 0.717) is 12.5 Å². The van der Waals surface area contributed by atoms with E-state index in [1.807, 2.05) is 36.4 Å². The van der Waals surface area contributed by atoms with Crippen LogP contribution in [0.5, 0.6) is 0 Å². The smallest absolute Gasteiger partial charge is 0.225 e. The molecular formula is C19H22N4O. The lowest BCUT2D eigenvalue weighted by molar-refractivity contribution is 0.518. The second kappa shape index (κ2) is 8.15. The van der Waals surface area contributed by atoms with Crippen LogP contribution < -0.4 is 10.6 Å². The van der Waals surface area contributed by atoms with Crippen molar-refractivity contribution in [2.45, 2.75) is 26.3 Å². The lowest BCUT2D eigenvalue weighted by atomic mass is 10.1. The topological polar surface area (TPSA) is 63.0 Å². The Hall–Kier alpha value is -2.82. The van der Waals surface area contributed by atoms with Gasteiger partial charge in [-0.2, -0.15) is 4.98 Å². The highest BCUT2D eigenvalue weighted by molar-refractivity contribution is 5.64. The van der Waals surface area contributed by atoms with Crippen molar-refractivity contribution < 1.29 is 4.42 Å². The third kappa shape index (κ3) is 4.35. The Morgan fingerprint density at radius 1 is 1.00 bits per heavy atom. The molecule has 0 aliphatic heterocycles. The Morgan fingerprint density at radius 3 is 2.62 bits per heavy atom. The van der Waals surface area contributed by atoms with E-state index in [2.05, 4.69) is 39.7 Å². The number of unbranched alkanes of at least 4 members (excludes halogenated alkanes) is 1. The van der Waals surface area contributed by atoms with Gasteiger partial charge >= 0.3 is 0 Å². The van der Waals surface area contributed by atoms with E-state index < -0.39 is 0 Å². The van der Waals surface area contributed by atoms with Gasteiger partial charge in [0.1, 0.15) is 11.6 Å². The summed E-state index contributed by atoms with van der Waals surface area (Å²) in [5.74, 6) is 2.29. The maximum atomic E-state index is 5.36. The number of rotatable bonds is 8. The summed E-state index contributed by atoms with van der Waals surface area (Å²) in [5, 5.41) is 6.61. The van der Waals surface area contributed by atoms with E-state index in [1.54, 1.807) is 6.26 Å². The lowest BCUT2D eigenvalue weighted by Crippen LogP contribution is -2.08.